The summed E-state index contributed by atoms with van der Waals surface area (Å²) >= 11 is 14.0. The number of thiophene rings is 1. The van der Waals surface area contributed by atoms with Crippen molar-refractivity contribution >= 4 is 86.6 Å². The lowest BCUT2D eigenvalue weighted by Gasteiger charge is -2.34. The van der Waals surface area contributed by atoms with Gasteiger partial charge in [0.25, 0.3) is 10.0 Å². The summed E-state index contributed by atoms with van der Waals surface area (Å²) in [6, 6.07) is 9.29. The molecule has 5 heterocycles. The third-order valence-corrected chi connectivity index (χ3v) is 17.3. The van der Waals surface area contributed by atoms with Crippen LogP contribution in [-0.4, -0.2) is 73.7 Å². The summed E-state index contributed by atoms with van der Waals surface area (Å²) in [4.78, 5) is 18.8. The third kappa shape index (κ3) is 8.24. The monoisotopic (exact) mass is 876 g/mol. The Balaban J connectivity index is 0.955. The Labute approximate surface area is 314 Å². The van der Waals surface area contributed by atoms with Crippen molar-refractivity contribution in [2.24, 2.45) is 11.8 Å². The predicted octanol–water partition coefficient (Wildman–Crippen LogP) is 7.40. The lowest BCUT2D eigenvalue weighted by Crippen LogP contribution is -2.48. The number of carboxylic acid groups (broad SMARTS) is 1. The molecular weight excluding hydrogens is 840 g/mol. The SMILES string of the molecule is O=C(O)C1Cc2ccccc2CN1S(=O)(=O)c1cnc(N2CCC(CCCCC3CCN(S(=O)(=O)c4cc(Br)c(Cl)s4)CC3)CC2)c(Br)c1. The van der Waals surface area contributed by atoms with Crippen LogP contribution in [0, 0.1) is 11.8 Å². The average Bonchev–Trinajstić information content (AvgIpc) is 3.44. The van der Waals surface area contributed by atoms with Gasteiger partial charge in [-0.2, -0.15) is 8.61 Å². The van der Waals surface area contributed by atoms with E-state index in [1.165, 1.54) is 6.20 Å². The van der Waals surface area contributed by atoms with E-state index in [1.807, 2.05) is 24.3 Å². The van der Waals surface area contributed by atoms with Crippen LogP contribution in [0.15, 0.2) is 60.6 Å². The van der Waals surface area contributed by atoms with E-state index in [9.17, 15) is 26.7 Å². The van der Waals surface area contributed by atoms with Crippen molar-refractivity contribution in [2.45, 2.75) is 79.5 Å². The zero-order valence-electron chi connectivity index (χ0n) is 26.8. The fourth-order valence-electron chi connectivity index (χ4n) is 7.20. The average molecular weight is 879 g/mol. The molecule has 49 heavy (non-hydrogen) atoms. The minimum Gasteiger partial charge on any atom is -0.480 e. The highest BCUT2D eigenvalue weighted by molar-refractivity contribution is 9.11. The molecule has 3 aliphatic rings. The van der Waals surface area contributed by atoms with Crippen LogP contribution in [0.4, 0.5) is 5.82 Å². The smallest absolute Gasteiger partial charge is 0.322 e. The molecule has 0 bridgehead atoms. The van der Waals surface area contributed by atoms with Gasteiger partial charge in [0, 0.05) is 49.8 Å². The fourth-order valence-corrected chi connectivity index (χ4v) is 13.4. The second kappa shape index (κ2) is 15.6. The first-order valence-corrected chi connectivity index (χ1v) is 22.2. The van der Waals surface area contributed by atoms with Gasteiger partial charge in [-0.05, 0) is 92.6 Å². The first-order valence-electron chi connectivity index (χ1n) is 16.5. The predicted molar refractivity (Wildman–Crippen MR) is 198 cm³/mol. The van der Waals surface area contributed by atoms with Crippen LogP contribution >= 0.6 is 54.8 Å². The van der Waals surface area contributed by atoms with E-state index in [0.717, 1.165) is 91.2 Å². The molecule has 10 nitrogen and oxygen atoms in total. The number of hydrogen-bond acceptors (Lipinski definition) is 8. The molecule has 266 valence electrons. The van der Waals surface area contributed by atoms with Gasteiger partial charge in [-0.3, -0.25) is 4.79 Å². The van der Waals surface area contributed by atoms with Gasteiger partial charge in [-0.15, -0.1) is 11.3 Å². The number of anilines is 1. The highest BCUT2D eigenvalue weighted by atomic mass is 79.9. The minimum absolute atomic E-state index is 0.00354. The van der Waals surface area contributed by atoms with Gasteiger partial charge in [0.2, 0.25) is 10.0 Å². The van der Waals surface area contributed by atoms with Gasteiger partial charge in [-0.1, -0.05) is 61.5 Å². The Kier molecular flexibility index (Phi) is 11.8. The quantitative estimate of drug-likeness (QED) is 0.198. The Morgan fingerprint density at radius 3 is 2.08 bits per heavy atom. The second-order valence-corrected chi connectivity index (χ2v) is 20.5. The molecule has 1 atom stereocenters. The zero-order valence-corrected chi connectivity index (χ0v) is 33.2. The number of pyridine rings is 1. The number of aliphatic carboxylic acids is 1. The van der Waals surface area contributed by atoms with Crippen molar-refractivity contribution in [3.05, 3.63) is 67.0 Å². The van der Waals surface area contributed by atoms with Crippen molar-refractivity contribution in [3.63, 3.8) is 0 Å². The number of aromatic nitrogens is 1. The molecule has 3 aliphatic heterocycles. The molecule has 0 saturated carbocycles. The van der Waals surface area contributed by atoms with Gasteiger partial charge in [-0.25, -0.2) is 21.8 Å². The number of sulfonamides is 2. The van der Waals surface area contributed by atoms with Crippen LogP contribution in [0.2, 0.25) is 4.34 Å². The van der Waals surface area contributed by atoms with Crippen molar-refractivity contribution in [1.82, 2.24) is 13.6 Å². The molecule has 2 saturated heterocycles. The van der Waals surface area contributed by atoms with Crippen molar-refractivity contribution < 1.29 is 26.7 Å². The summed E-state index contributed by atoms with van der Waals surface area (Å²) in [5, 5.41) is 9.87. The Hall–Kier alpha value is -1.59. The van der Waals surface area contributed by atoms with Gasteiger partial charge in [0.15, 0.2) is 0 Å². The zero-order chi connectivity index (χ0) is 34.9. The first-order chi connectivity index (χ1) is 23.3. The van der Waals surface area contributed by atoms with Crippen LogP contribution in [0.25, 0.3) is 0 Å². The first kappa shape index (κ1) is 37.2. The van der Waals surface area contributed by atoms with Crippen LogP contribution in [0.5, 0.6) is 0 Å². The summed E-state index contributed by atoms with van der Waals surface area (Å²) in [5.41, 5.74) is 1.65. The number of fused-ring (bicyclic) bond motifs is 1. The van der Waals surface area contributed by atoms with E-state index in [1.54, 1.807) is 16.4 Å². The minimum atomic E-state index is -4.11. The van der Waals surface area contributed by atoms with Gasteiger partial charge in [0.05, 0.1) is 4.47 Å². The molecule has 2 fully saturated rings. The molecule has 2 aromatic heterocycles. The number of halogens is 3. The van der Waals surface area contributed by atoms with Gasteiger partial charge in [0.1, 0.15) is 25.3 Å². The molecule has 6 rings (SSSR count). The van der Waals surface area contributed by atoms with E-state index in [0.29, 0.717) is 44.0 Å². The maximum atomic E-state index is 13.7. The van der Waals surface area contributed by atoms with Gasteiger partial charge >= 0.3 is 5.97 Å². The number of rotatable bonds is 11. The number of hydrogen-bond donors (Lipinski definition) is 1. The Morgan fingerprint density at radius 2 is 1.51 bits per heavy atom. The number of benzene rings is 1. The summed E-state index contributed by atoms with van der Waals surface area (Å²) in [5.74, 6) is 0.684. The molecule has 0 aliphatic carbocycles. The number of unbranched alkanes of at least 4 members (excludes halogenated alkanes) is 1. The van der Waals surface area contributed by atoms with Crippen LogP contribution in [0.3, 0.4) is 0 Å². The lowest BCUT2D eigenvalue weighted by atomic mass is 9.88. The number of nitrogens with zero attached hydrogens (tertiary/aromatic N) is 4. The third-order valence-electron chi connectivity index (χ3n) is 10.1. The molecule has 0 radical (unpaired) electrons. The molecule has 1 N–H and O–H groups in total. The Morgan fingerprint density at radius 1 is 0.898 bits per heavy atom. The molecule has 1 unspecified atom stereocenters. The molecule has 16 heteroatoms. The van der Waals surface area contributed by atoms with Crippen LogP contribution < -0.4 is 4.90 Å². The maximum Gasteiger partial charge on any atom is 0.322 e. The fraction of sp³-hybridized carbons (Fsp3) is 0.515. The normalized spacial score (nSPS) is 20.4. The molecule has 0 spiro atoms. The standard InChI is InChI=1S/C33H39Br2ClN4O6S3/c34-27-19-30(47-31(27)36)49(45,46)39-15-11-23(12-16-39)6-2-1-5-22-9-13-38(14-10-22)32-28(35)18-26(20-37-32)48(43,44)40-21-25-8-4-3-7-24(25)17-29(40)33(41)42/h3-4,7-8,18-20,22-23,29H,1-2,5-6,9-17,21H2,(H,41,42). The largest absolute Gasteiger partial charge is 0.480 e. The molecule has 1 aromatic carbocycles. The van der Waals surface area contributed by atoms with Crippen LogP contribution in [-0.2, 0) is 37.8 Å². The summed E-state index contributed by atoms with van der Waals surface area (Å²) in [6.07, 6.45) is 9.84. The van der Waals surface area contributed by atoms with Crippen molar-refractivity contribution in [3.8, 4) is 0 Å². The van der Waals surface area contributed by atoms with E-state index < -0.39 is 32.1 Å². The highest BCUT2D eigenvalue weighted by Gasteiger charge is 2.40. The van der Waals surface area contributed by atoms with E-state index in [-0.39, 0.29) is 22.1 Å². The Bertz CT molecular complexity index is 1880. The topological polar surface area (TPSA) is 128 Å². The highest BCUT2D eigenvalue weighted by Crippen LogP contribution is 2.38. The lowest BCUT2D eigenvalue weighted by molar-refractivity contribution is -0.141. The molecular formula is C33H39Br2ClN4O6S3. The van der Waals surface area contributed by atoms with E-state index >= 15 is 0 Å². The number of carboxylic acids is 1. The molecule has 3 aromatic rings. The van der Waals surface area contributed by atoms with Crippen LogP contribution in [0.1, 0.15) is 62.5 Å². The van der Waals surface area contributed by atoms with Gasteiger partial charge < -0.3 is 10.0 Å². The van der Waals surface area contributed by atoms with Crippen molar-refractivity contribution in [2.75, 3.05) is 31.1 Å². The maximum absolute atomic E-state index is 13.7. The number of piperidine rings is 2. The van der Waals surface area contributed by atoms with E-state index in [4.69, 9.17) is 11.6 Å². The summed E-state index contributed by atoms with van der Waals surface area (Å²) in [7, 11) is -7.62. The van der Waals surface area contributed by atoms with Crippen molar-refractivity contribution in [1.29, 1.82) is 0 Å². The second-order valence-electron chi connectivity index (χ2n) is 13.1. The molecule has 0 amide bonds. The van der Waals surface area contributed by atoms with E-state index in [2.05, 4.69) is 41.7 Å². The summed E-state index contributed by atoms with van der Waals surface area (Å²) in [6.45, 7) is 2.74. The number of carbonyl (C=O) groups is 1. The summed E-state index contributed by atoms with van der Waals surface area (Å²) < 4.78 is 58.0.